The van der Waals surface area contributed by atoms with Gasteiger partial charge in [-0.15, -0.1) is 0 Å². The van der Waals surface area contributed by atoms with Crippen LogP contribution < -0.4 is 10.2 Å². The minimum atomic E-state index is 0.717. The average Bonchev–Trinajstić information content (AvgIpc) is 2.27. The molecular formula is C11H19N3O. The highest BCUT2D eigenvalue weighted by Gasteiger charge is 2.02. The molecule has 0 spiro atoms. The van der Waals surface area contributed by atoms with E-state index in [0.717, 1.165) is 24.6 Å². The highest BCUT2D eigenvalue weighted by Crippen LogP contribution is 2.09. The van der Waals surface area contributed by atoms with E-state index in [1.165, 1.54) is 0 Å². The standard InChI is InChI=1S/C11H19N3O/c1-12-9-10-5-4-6-11(13-10)14(2)7-8-15-3/h4-6,12H,7-9H2,1-3H3. The molecule has 1 N–H and O–H groups in total. The lowest BCUT2D eigenvalue weighted by atomic mass is 10.3. The minimum absolute atomic E-state index is 0.717. The number of aromatic nitrogens is 1. The van der Waals surface area contributed by atoms with Gasteiger partial charge in [-0.25, -0.2) is 4.98 Å². The van der Waals surface area contributed by atoms with Crippen molar-refractivity contribution in [3.8, 4) is 0 Å². The summed E-state index contributed by atoms with van der Waals surface area (Å²) >= 11 is 0. The summed E-state index contributed by atoms with van der Waals surface area (Å²) in [6.07, 6.45) is 0. The van der Waals surface area contributed by atoms with Gasteiger partial charge in [0.2, 0.25) is 0 Å². The minimum Gasteiger partial charge on any atom is -0.383 e. The number of ether oxygens (including phenoxy) is 1. The molecule has 0 unspecified atom stereocenters. The number of pyridine rings is 1. The van der Waals surface area contributed by atoms with Gasteiger partial charge in [0.1, 0.15) is 5.82 Å². The first-order chi connectivity index (χ1) is 7.27. The topological polar surface area (TPSA) is 37.4 Å². The fourth-order valence-electron chi connectivity index (χ4n) is 1.30. The predicted molar refractivity (Wildman–Crippen MR) is 62.1 cm³/mol. The molecule has 0 radical (unpaired) electrons. The van der Waals surface area contributed by atoms with Crippen LogP contribution >= 0.6 is 0 Å². The van der Waals surface area contributed by atoms with Crippen molar-refractivity contribution in [1.82, 2.24) is 10.3 Å². The fraction of sp³-hybridized carbons (Fsp3) is 0.545. The van der Waals surface area contributed by atoms with Crippen LogP contribution in [0.2, 0.25) is 0 Å². The number of anilines is 1. The maximum Gasteiger partial charge on any atom is 0.128 e. The third-order valence-corrected chi connectivity index (χ3v) is 2.17. The molecule has 0 atom stereocenters. The van der Waals surface area contributed by atoms with E-state index in [0.29, 0.717) is 6.61 Å². The van der Waals surface area contributed by atoms with Gasteiger partial charge in [0.25, 0.3) is 0 Å². The Morgan fingerprint density at radius 3 is 2.93 bits per heavy atom. The lowest BCUT2D eigenvalue weighted by molar-refractivity contribution is 0.206. The van der Waals surface area contributed by atoms with Crippen molar-refractivity contribution in [3.63, 3.8) is 0 Å². The van der Waals surface area contributed by atoms with E-state index in [9.17, 15) is 0 Å². The summed E-state index contributed by atoms with van der Waals surface area (Å²) in [5, 5.41) is 3.09. The summed E-state index contributed by atoms with van der Waals surface area (Å²) in [7, 11) is 5.65. The zero-order valence-electron chi connectivity index (χ0n) is 9.66. The van der Waals surface area contributed by atoms with E-state index < -0.39 is 0 Å². The van der Waals surface area contributed by atoms with E-state index in [4.69, 9.17) is 4.74 Å². The van der Waals surface area contributed by atoms with E-state index in [1.54, 1.807) is 7.11 Å². The summed E-state index contributed by atoms with van der Waals surface area (Å²) < 4.78 is 5.03. The largest absolute Gasteiger partial charge is 0.383 e. The van der Waals surface area contributed by atoms with E-state index in [1.807, 2.05) is 32.3 Å². The maximum atomic E-state index is 5.03. The molecular weight excluding hydrogens is 190 g/mol. The van der Waals surface area contributed by atoms with Gasteiger partial charge in [-0.1, -0.05) is 6.07 Å². The number of methoxy groups -OCH3 is 1. The molecule has 1 aromatic rings. The van der Waals surface area contributed by atoms with Crippen LogP contribution in [0.25, 0.3) is 0 Å². The van der Waals surface area contributed by atoms with Crippen molar-refractivity contribution < 1.29 is 4.74 Å². The molecule has 15 heavy (non-hydrogen) atoms. The molecule has 0 aliphatic carbocycles. The Labute approximate surface area is 91.3 Å². The van der Waals surface area contributed by atoms with Gasteiger partial charge in [0.15, 0.2) is 0 Å². The molecule has 0 bridgehead atoms. The second-order valence-corrected chi connectivity index (χ2v) is 3.43. The Morgan fingerprint density at radius 1 is 1.47 bits per heavy atom. The van der Waals surface area contributed by atoms with E-state index in [-0.39, 0.29) is 0 Å². The van der Waals surface area contributed by atoms with Crippen molar-refractivity contribution in [2.24, 2.45) is 0 Å². The van der Waals surface area contributed by atoms with Crippen molar-refractivity contribution in [1.29, 1.82) is 0 Å². The number of likely N-dealkylation sites (N-methyl/N-ethyl adjacent to an activating group) is 1. The molecule has 4 nitrogen and oxygen atoms in total. The molecule has 0 amide bonds. The second-order valence-electron chi connectivity index (χ2n) is 3.43. The zero-order valence-corrected chi connectivity index (χ0v) is 9.66. The van der Waals surface area contributed by atoms with E-state index >= 15 is 0 Å². The third-order valence-electron chi connectivity index (χ3n) is 2.17. The summed E-state index contributed by atoms with van der Waals surface area (Å²) in [5.41, 5.74) is 1.05. The molecule has 1 aromatic heterocycles. The van der Waals surface area contributed by atoms with Crippen LogP contribution in [0.3, 0.4) is 0 Å². The molecule has 0 fully saturated rings. The van der Waals surface area contributed by atoms with Crippen molar-refractivity contribution in [2.75, 3.05) is 39.3 Å². The molecule has 0 saturated heterocycles. The van der Waals surface area contributed by atoms with Crippen LogP contribution in [0.15, 0.2) is 18.2 Å². The number of nitrogens with one attached hydrogen (secondary N) is 1. The summed E-state index contributed by atoms with van der Waals surface area (Å²) in [6.45, 7) is 2.37. The summed E-state index contributed by atoms with van der Waals surface area (Å²) in [6, 6.07) is 6.05. The molecule has 1 rings (SSSR count). The monoisotopic (exact) mass is 209 g/mol. The van der Waals surface area contributed by atoms with E-state index in [2.05, 4.69) is 15.2 Å². The number of nitrogens with zero attached hydrogens (tertiary/aromatic N) is 2. The van der Waals surface area contributed by atoms with Crippen molar-refractivity contribution >= 4 is 5.82 Å². The zero-order chi connectivity index (χ0) is 11.1. The van der Waals surface area contributed by atoms with Crippen molar-refractivity contribution in [3.05, 3.63) is 23.9 Å². The van der Waals surface area contributed by atoms with Gasteiger partial charge in [-0.3, -0.25) is 0 Å². The Balaban J connectivity index is 2.62. The van der Waals surface area contributed by atoms with Gasteiger partial charge in [-0.05, 0) is 19.2 Å². The lowest BCUT2D eigenvalue weighted by Crippen LogP contribution is -2.23. The number of rotatable bonds is 6. The first kappa shape index (κ1) is 11.9. The first-order valence-electron chi connectivity index (χ1n) is 5.08. The molecule has 1 heterocycles. The summed E-state index contributed by atoms with van der Waals surface area (Å²) in [4.78, 5) is 6.61. The molecule has 0 saturated carbocycles. The van der Waals surface area contributed by atoms with Gasteiger partial charge in [0, 0.05) is 27.2 Å². The van der Waals surface area contributed by atoms with Gasteiger partial charge >= 0.3 is 0 Å². The predicted octanol–water partition coefficient (Wildman–Crippen LogP) is 0.884. The van der Waals surface area contributed by atoms with Gasteiger partial charge in [-0.2, -0.15) is 0 Å². The molecule has 0 aliphatic heterocycles. The number of hydrogen-bond acceptors (Lipinski definition) is 4. The van der Waals surface area contributed by atoms with Crippen LogP contribution in [-0.2, 0) is 11.3 Å². The highest BCUT2D eigenvalue weighted by molar-refractivity contribution is 5.38. The molecule has 4 heteroatoms. The third kappa shape index (κ3) is 3.85. The second kappa shape index (κ2) is 6.37. The fourth-order valence-corrected chi connectivity index (χ4v) is 1.30. The smallest absolute Gasteiger partial charge is 0.128 e. The normalized spacial score (nSPS) is 10.3. The quantitative estimate of drug-likeness (QED) is 0.755. The van der Waals surface area contributed by atoms with Crippen molar-refractivity contribution in [2.45, 2.75) is 6.54 Å². The molecule has 0 aromatic carbocycles. The Morgan fingerprint density at radius 2 is 2.27 bits per heavy atom. The molecule has 0 aliphatic rings. The van der Waals surface area contributed by atoms with Crippen LogP contribution in [0.5, 0.6) is 0 Å². The maximum absolute atomic E-state index is 5.03. The Kier molecular flexibility index (Phi) is 5.07. The Bertz CT molecular complexity index is 291. The van der Waals surface area contributed by atoms with Crippen LogP contribution in [-0.4, -0.2) is 39.3 Å². The highest BCUT2D eigenvalue weighted by atomic mass is 16.5. The Hall–Kier alpha value is -1.13. The molecule has 84 valence electrons. The van der Waals surface area contributed by atoms with Crippen LogP contribution in [0, 0.1) is 0 Å². The van der Waals surface area contributed by atoms with Crippen LogP contribution in [0.1, 0.15) is 5.69 Å². The van der Waals surface area contributed by atoms with Gasteiger partial charge in [0.05, 0.1) is 12.3 Å². The van der Waals surface area contributed by atoms with Crippen LogP contribution in [0.4, 0.5) is 5.82 Å². The number of hydrogen-bond donors (Lipinski definition) is 1. The summed E-state index contributed by atoms with van der Waals surface area (Å²) in [5.74, 6) is 0.986. The average molecular weight is 209 g/mol. The first-order valence-corrected chi connectivity index (χ1v) is 5.08. The SMILES string of the molecule is CNCc1cccc(N(C)CCOC)n1. The van der Waals surface area contributed by atoms with Gasteiger partial charge < -0.3 is 15.0 Å². The lowest BCUT2D eigenvalue weighted by Gasteiger charge is -2.18.